The number of nitrogens with zero attached hydrogens (tertiary/aromatic N) is 3. The van der Waals surface area contributed by atoms with Crippen molar-refractivity contribution >= 4 is 35.0 Å². The summed E-state index contributed by atoms with van der Waals surface area (Å²) in [4.78, 5) is 47.7. The standard InChI is InChI=1S/C30H40ClN3O5/c1-6-16-32(17-7-2)26(36)23-24-27(37)34(20(5)19-35)25(30(24)15-14-29(23,9-4)39-30)28(38)33(18-8-3)22-12-10-21(31)11-13-22/h6,8,10-13,20,23-25,35H,1,3,7,9,14-19H2,2,4-5H3/t20-,23+,24+,25?,29-,30?/m1/s1. The first-order chi connectivity index (χ1) is 18.7. The number of fused-ring (bicyclic) bond motifs is 1. The predicted octanol–water partition coefficient (Wildman–Crippen LogP) is 3.82. The molecule has 0 radical (unpaired) electrons. The van der Waals surface area contributed by atoms with E-state index in [2.05, 4.69) is 13.2 Å². The van der Waals surface area contributed by atoms with E-state index in [9.17, 15) is 19.5 Å². The topological polar surface area (TPSA) is 90.4 Å². The fraction of sp³-hybridized carbons (Fsp3) is 0.567. The van der Waals surface area contributed by atoms with Crippen LogP contribution in [0.3, 0.4) is 0 Å². The second kappa shape index (κ2) is 11.4. The number of amides is 3. The minimum absolute atomic E-state index is 0.135. The summed E-state index contributed by atoms with van der Waals surface area (Å²) in [5, 5.41) is 10.7. The summed E-state index contributed by atoms with van der Waals surface area (Å²) in [5.41, 5.74) is -1.40. The Morgan fingerprint density at radius 2 is 1.85 bits per heavy atom. The number of hydrogen-bond acceptors (Lipinski definition) is 5. The van der Waals surface area contributed by atoms with Gasteiger partial charge in [-0.25, -0.2) is 0 Å². The highest BCUT2D eigenvalue weighted by Crippen LogP contribution is 2.65. The van der Waals surface area contributed by atoms with Crippen molar-refractivity contribution in [1.82, 2.24) is 9.80 Å². The molecule has 8 nitrogen and oxygen atoms in total. The molecule has 4 rings (SSSR count). The van der Waals surface area contributed by atoms with Crippen LogP contribution in [-0.2, 0) is 19.1 Å². The SMILES string of the molecule is C=CCN(CCC)C(=O)[C@@H]1[C@H]2C(=O)N([C@H](C)CO)C(C(=O)N(CC=C)c3ccc(Cl)cc3)C23CC[C@@]1(CC)O3. The number of carbonyl (C=O) groups is 3. The Balaban J connectivity index is 1.84. The van der Waals surface area contributed by atoms with Gasteiger partial charge >= 0.3 is 0 Å². The average molecular weight is 558 g/mol. The Hall–Kier alpha value is -2.68. The third kappa shape index (κ3) is 4.60. The van der Waals surface area contributed by atoms with E-state index in [1.54, 1.807) is 53.1 Å². The molecule has 2 bridgehead atoms. The van der Waals surface area contributed by atoms with Gasteiger partial charge in [0.2, 0.25) is 11.8 Å². The van der Waals surface area contributed by atoms with Crippen molar-refractivity contribution in [3.8, 4) is 0 Å². The third-order valence-electron chi connectivity index (χ3n) is 8.73. The molecule has 0 saturated carbocycles. The van der Waals surface area contributed by atoms with Crippen LogP contribution in [0.5, 0.6) is 0 Å². The maximum absolute atomic E-state index is 14.5. The number of rotatable bonds is 12. The fourth-order valence-corrected chi connectivity index (χ4v) is 7.13. The lowest BCUT2D eigenvalue weighted by Crippen LogP contribution is -2.58. The Kier molecular flexibility index (Phi) is 8.59. The lowest BCUT2D eigenvalue weighted by Gasteiger charge is -2.38. The van der Waals surface area contributed by atoms with Gasteiger partial charge in [0.05, 0.1) is 30.1 Å². The Morgan fingerprint density at radius 3 is 2.41 bits per heavy atom. The summed E-state index contributed by atoms with van der Waals surface area (Å²) in [6.45, 7) is 14.1. The molecule has 1 N–H and O–H groups in total. The number of carbonyl (C=O) groups excluding carboxylic acids is 3. The van der Waals surface area contributed by atoms with Gasteiger partial charge in [0.25, 0.3) is 5.91 Å². The zero-order chi connectivity index (χ0) is 28.5. The zero-order valence-corrected chi connectivity index (χ0v) is 23.9. The monoisotopic (exact) mass is 557 g/mol. The Labute approximate surface area is 236 Å². The van der Waals surface area contributed by atoms with Gasteiger partial charge in [0.15, 0.2) is 0 Å². The summed E-state index contributed by atoms with van der Waals surface area (Å²) in [5.74, 6) is -2.31. The van der Waals surface area contributed by atoms with Gasteiger partial charge in [0.1, 0.15) is 11.6 Å². The van der Waals surface area contributed by atoms with E-state index in [-0.39, 0.29) is 30.9 Å². The maximum atomic E-state index is 14.5. The van der Waals surface area contributed by atoms with E-state index in [0.717, 1.165) is 6.42 Å². The van der Waals surface area contributed by atoms with Gasteiger partial charge in [-0.1, -0.05) is 37.6 Å². The molecule has 3 fully saturated rings. The van der Waals surface area contributed by atoms with Gasteiger partial charge in [-0.15, -0.1) is 13.2 Å². The molecule has 1 aromatic rings. The van der Waals surface area contributed by atoms with Crippen LogP contribution in [0.1, 0.15) is 46.5 Å². The lowest BCUT2D eigenvalue weighted by molar-refractivity contribution is -0.153. The van der Waals surface area contributed by atoms with E-state index < -0.39 is 35.1 Å². The van der Waals surface area contributed by atoms with Gasteiger partial charge in [0, 0.05) is 30.3 Å². The molecule has 3 amide bonds. The van der Waals surface area contributed by atoms with Crippen LogP contribution in [0.25, 0.3) is 0 Å². The first-order valence-electron chi connectivity index (χ1n) is 13.9. The van der Waals surface area contributed by atoms with E-state index in [0.29, 0.717) is 43.1 Å². The van der Waals surface area contributed by atoms with Crippen molar-refractivity contribution in [3.63, 3.8) is 0 Å². The number of aliphatic hydroxyl groups excluding tert-OH is 1. The maximum Gasteiger partial charge on any atom is 0.253 e. The summed E-state index contributed by atoms with van der Waals surface area (Å²) in [7, 11) is 0. The van der Waals surface area contributed by atoms with Crippen LogP contribution in [0.15, 0.2) is 49.6 Å². The van der Waals surface area contributed by atoms with E-state index >= 15 is 0 Å². The number of halogens is 1. The van der Waals surface area contributed by atoms with Gasteiger partial charge in [-0.05, 0) is 56.9 Å². The molecule has 1 aromatic carbocycles. The normalized spacial score (nSPS) is 29.7. The molecule has 0 aromatic heterocycles. The quantitative estimate of drug-likeness (QED) is 0.395. The molecular weight excluding hydrogens is 518 g/mol. The molecule has 9 heteroatoms. The molecule has 1 spiro atoms. The number of anilines is 1. The predicted molar refractivity (Wildman–Crippen MR) is 151 cm³/mol. The third-order valence-corrected chi connectivity index (χ3v) is 8.98. The lowest BCUT2D eigenvalue weighted by atomic mass is 9.64. The smallest absolute Gasteiger partial charge is 0.253 e. The molecule has 3 aliphatic heterocycles. The van der Waals surface area contributed by atoms with Crippen molar-refractivity contribution in [2.24, 2.45) is 11.8 Å². The molecule has 39 heavy (non-hydrogen) atoms. The molecule has 212 valence electrons. The number of aliphatic hydroxyl groups is 1. The van der Waals surface area contributed by atoms with Crippen LogP contribution >= 0.6 is 11.6 Å². The molecule has 3 saturated heterocycles. The number of benzene rings is 1. The van der Waals surface area contributed by atoms with Gasteiger partial charge < -0.3 is 24.5 Å². The van der Waals surface area contributed by atoms with Crippen LogP contribution in [0, 0.1) is 11.8 Å². The average Bonchev–Trinajstić information content (AvgIpc) is 3.54. The van der Waals surface area contributed by atoms with E-state index in [1.165, 1.54) is 4.90 Å². The molecule has 6 atom stereocenters. The Bertz CT molecular complexity index is 1130. The zero-order valence-electron chi connectivity index (χ0n) is 23.1. The van der Waals surface area contributed by atoms with Crippen LogP contribution in [0.4, 0.5) is 5.69 Å². The minimum atomic E-state index is -1.17. The van der Waals surface area contributed by atoms with Gasteiger partial charge in [-0.2, -0.15) is 0 Å². The Morgan fingerprint density at radius 1 is 1.18 bits per heavy atom. The van der Waals surface area contributed by atoms with E-state index in [1.807, 2.05) is 13.8 Å². The summed E-state index contributed by atoms with van der Waals surface area (Å²) in [6.07, 6.45) is 5.69. The molecule has 0 aliphatic carbocycles. The summed E-state index contributed by atoms with van der Waals surface area (Å²) in [6, 6.07) is 5.27. The highest BCUT2D eigenvalue weighted by atomic mass is 35.5. The summed E-state index contributed by atoms with van der Waals surface area (Å²) >= 11 is 6.11. The van der Waals surface area contributed by atoms with Crippen molar-refractivity contribution in [1.29, 1.82) is 0 Å². The minimum Gasteiger partial charge on any atom is -0.394 e. The first-order valence-corrected chi connectivity index (χ1v) is 14.2. The van der Waals surface area contributed by atoms with Crippen LogP contribution in [-0.4, -0.2) is 82.2 Å². The summed E-state index contributed by atoms with van der Waals surface area (Å²) < 4.78 is 6.86. The second-order valence-electron chi connectivity index (χ2n) is 10.9. The van der Waals surface area contributed by atoms with E-state index in [4.69, 9.17) is 16.3 Å². The highest BCUT2D eigenvalue weighted by Gasteiger charge is 2.79. The van der Waals surface area contributed by atoms with Crippen molar-refractivity contribution in [3.05, 3.63) is 54.6 Å². The largest absolute Gasteiger partial charge is 0.394 e. The highest BCUT2D eigenvalue weighted by molar-refractivity contribution is 6.30. The number of likely N-dealkylation sites (tertiary alicyclic amines) is 1. The molecular formula is C30H40ClN3O5. The van der Waals surface area contributed by atoms with Crippen LogP contribution in [0.2, 0.25) is 5.02 Å². The number of ether oxygens (including phenoxy) is 1. The first kappa shape index (κ1) is 29.3. The van der Waals surface area contributed by atoms with Crippen LogP contribution < -0.4 is 4.90 Å². The van der Waals surface area contributed by atoms with Crippen molar-refractivity contribution < 1.29 is 24.2 Å². The van der Waals surface area contributed by atoms with Crippen molar-refractivity contribution in [2.45, 2.75) is 69.7 Å². The number of hydrogen-bond donors (Lipinski definition) is 1. The van der Waals surface area contributed by atoms with Gasteiger partial charge in [-0.3, -0.25) is 14.4 Å². The second-order valence-corrected chi connectivity index (χ2v) is 11.3. The molecule has 3 heterocycles. The molecule has 3 aliphatic rings. The fourth-order valence-electron chi connectivity index (χ4n) is 7.01. The molecule has 2 unspecified atom stereocenters. The van der Waals surface area contributed by atoms with Crippen molar-refractivity contribution in [2.75, 3.05) is 31.1 Å².